The zero-order valence-corrected chi connectivity index (χ0v) is 16.4. The third-order valence-corrected chi connectivity index (χ3v) is 4.61. The SMILES string of the molecule is CCCCC(O)c1cc(OCc2ccccc2)cc(OCc2ccccc2)c1. The largest absolute Gasteiger partial charge is 0.489 e. The summed E-state index contributed by atoms with van der Waals surface area (Å²) in [4.78, 5) is 0. The second kappa shape index (κ2) is 10.5. The van der Waals surface area contributed by atoms with E-state index in [1.807, 2.05) is 78.9 Å². The quantitative estimate of drug-likeness (QED) is 0.467. The van der Waals surface area contributed by atoms with Crippen LogP contribution in [0.3, 0.4) is 0 Å². The number of hydrogen-bond acceptors (Lipinski definition) is 3. The van der Waals surface area contributed by atoms with Crippen molar-refractivity contribution in [2.24, 2.45) is 0 Å². The fourth-order valence-electron chi connectivity index (χ4n) is 3.00. The molecule has 0 saturated heterocycles. The number of aliphatic hydroxyl groups is 1. The van der Waals surface area contributed by atoms with Crippen molar-refractivity contribution in [3.05, 3.63) is 95.6 Å². The van der Waals surface area contributed by atoms with E-state index in [0.29, 0.717) is 24.7 Å². The number of benzene rings is 3. The van der Waals surface area contributed by atoms with Crippen molar-refractivity contribution >= 4 is 0 Å². The van der Waals surface area contributed by atoms with Crippen LogP contribution >= 0.6 is 0 Å². The highest BCUT2D eigenvalue weighted by molar-refractivity contribution is 5.40. The fraction of sp³-hybridized carbons (Fsp3) is 0.280. The lowest BCUT2D eigenvalue weighted by Gasteiger charge is -2.16. The van der Waals surface area contributed by atoms with E-state index >= 15 is 0 Å². The standard InChI is InChI=1S/C25H28O3/c1-2-3-14-25(26)22-15-23(27-18-20-10-6-4-7-11-20)17-24(16-22)28-19-21-12-8-5-9-13-21/h4-13,15-17,25-26H,2-3,14,18-19H2,1H3. The molecule has 0 radical (unpaired) electrons. The molecule has 3 nitrogen and oxygen atoms in total. The summed E-state index contributed by atoms with van der Waals surface area (Å²) in [5.41, 5.74) is 3.04. The predicted octanol–water partition coefficient (Wildman–Crippen LogP) is 6.07. The van der Waals surface area contributed by atoms with Crippen LogP contribution in [0.5, 0.6) is 11.5 Å². The van der Waals surface area contributed by atoms with Gasteiger partial charge in [0.15, 0.2) is 0 Å². The molecule has 1 atom stereocenters. The second-order valence-corrected chi connectivity index (χ2v) is 6.94. The van der Waals surface area contributed by atoms with Gasteiger partial charge in [0.05, 0.1) is 6.10 Å². The van der Waals surface area contributed by atoms with Crippen LogP contribution in [-0.4, -0.2) is 5.11 Å². The Morgan fingerprint density at radius 3 is 1.71 bits per heavy atom. The summed E-state index contributed by atoms with van der Waals surface area (Å²) >= 11 is 0. The summed E-state index contributed by atoms with van der Waals surface area (Å²) in [6.45, 7) is 3.08. The minimum atomic E-state index is -0.515. The molecule has 3 aromatic rings. The average Bonchev–Trinajstić information content (AvgIpc) is 2.76. The van der Waals surface area contributed by atoms with Crippen LogP contribution in [0.2, 0.25) is 0 Å². The first-order chi connectivity index (χ1) is 13.7. The molecule has 0 aromatic heterocycles. The first-order valence-electron chi connectivity index (χ1n) is 9.91. The average molecular weight is 376 g/mol. The molecule has 1 N–H and O–H groups in total. The van der Waals surface area contributed by atoms with E-state index in [-0.39, 0.29) is 0 Å². The summed E-state index contributed by atoms with van der Waals surface area (Å²) in [5, 5.41) is 10.6. The van der Waals surface area contributed by atoms with Crippen molar-refractivity contribution in [1.29, 1.82) is 0 Å². The highest BCUT2D eigenvalue weighted by atomic mass is 16.5. The smallest absolute Gasteiger partial charge is 0.123 e. The molecule has 0 bridgehead atoms. The third-order valence-electron chi connectivity index (χ3n) is 4.61. The monoisotopic (exact) mass is 376 g/mol. The number of aliphatic hydroxyl groups excluding tert-OH is 1. The van der Waals surface area contributed by atoms with Gasteiger partial charge in [-0.3, -0.25) is 0 Å². The molecule has 0 aliphatic carbocycles. The Kier molecular flexibility index (Phi) is 7.51. The van der Waals surface area contributed by atoms with Crippen molar-refractivity contribution < 1.29 is 14.6 Å². The van der Waals surface area contributed by atoms with Crippen LogP contribution in [0.1, 0.15) is 49.0 Å². The first kappa shape index (κ1) is 20.0. The van der Waals surface area contributed by atoms with E-state index in [2.05, 4.69) is 6.92 Å². The molecule has 0 saturated carbocycles. The van der Waals surface area contributed by atoms with Gasteiger partial charge in [-0.25, -0.2) is 0 Å². The lowest BCUT2D eigenvalue weighted by atomic mass is 10.0. The van der Waals surface area contributed by atoms with Crippen LogP contribution in [-0.2, 0) is 13.2 Å². The van der Waals surface area contributed by atoms with Crippen LogP contribution in [0.4, 0.5) is 0 Å². The van der Waals surface area contributed by atoms with E-state index < -0.39 is 6.10 Å². The van der Waals surface area contributed by atoms with Gasteiger partial charge in [-0.05, 0) is 35.2 Å². The molecule has 0 aliphatic heterocycles. The summed E-state index contributed by atoms with van der Waals surface area (Å²) in [5.74, 6) is 1.42. The number of hydrogen-bond donors (Lipinski definition) is 1. The van der Waals surface area contributed by atoms with E-state index in [1.165, 1.54) is 0 Å². The maximum absolute atomic E-state index is 10.6. The minimum Gasteiger partial charge on any atom is -0.489 e. The summed E-state index contributed by atoms with van der Waals surface area (Å²) in [6.07, 6.45) is 2.26. The summed E-state index contributed by atoms with van der Waals surface area (Å²) < 4.78 is 12.0. The Bertz CT molecular complexity index is 769. The lowest BCUT2D eigenvalue weighted by Crippen LogP contribution is -2.02. The zero-order chi connectivity index (χ0) is 19.6. The molecule has 0 amide bonds. The van der Waals surface area contributed by atoms with E-state index in [9.17, 15) is 5.11 Å². The van der Waals surface area contributed by atoms with Crippen LogP contribution in [0.15, 0.2) is 78.9 Å². The maximum Gasteiger partial charge on any atom is 0.123 e. The molecule has 1 unspecified atom stereocenters. The first-order valence-corrected chi connectivity index (χ1v) is 9.91. The van der Waals surface area contributed by atoms with Crippen LogP contribution < -0.4 is 9.47 Å². The van der Waals surface area contributed by atoms with Gasteiger partial charge in [-0.15, -0.1) is 0 Å². The second-order valence-electron chi connectivity index (χ2n) is 6.94. The Balaban J connectivity index is 1.74. The van der Waals surface area contributed by atoms with Crippen molar-refractivity contribution in [3.63, 3.8) is 0 Å². The van der Waals surface area contributed by atoms with Crippen molar-refractivity contribution in [1.82, 2.24) is 0 Å². The lowest BCUT2D eigenvalue weighted by molar-refractivity contribution is 0.163. The molecular weight excluding hydrogens is 348 g/mol. The molecule has 0 spiro atoms. The van der Waals surface area contributed by atoms with Gasteiger partial charge < -0.3 is 14.6 Å². The molecule has 146 valence electrons. The predicted molar refractivity (Wildman–Crippen MR) is 112 cm³/mol. The number of unbranched alkanes of at least 4 members (excludes halogenated alkanes) is 1. The summed E-state index contributed by atoms with van der Waals surface area (Å²) in [6, 6.07) is 25.8. The third kappa shape index (κ3) is 6.14. The van der Waals surface area contributed by atoms with Gasteiger partial charge in [0, 0.05) is 6.07 Å². The summed E-state index contributed by atoms with van der Waals surface area (Å²) in [7, 11) is 0. The van der Waals surface area contributed by atoms with Crippen LogP contribution in [0.25, 0.3) is 0 Å². The number of rotatable bonds is 10. The van der Waals surface area contributed by atoms with Gasteiger partial charge in [-0.1, -0.05) is 80.4 Å². The van der Waals surface area contributed by atoms with Gasteiger partial charge in [0.25, 0.3) is 0 Å². The van der Waals surface area contributed by atoms with Crippen molar-refractivity contribution in [2.75, 3.05) is 0 Å². The minimum absolute atomic E-state index is 0.480. The Hall–Kier alpha value is -2.78. The number of ether oxygens (including phenoxy) is 2. The van der Waals surface area contributed by atoms with Crippen molar-refractivity contribution in [3.8, 4) is 11.5 Å². The Labute approximate surface area is 167 Å². The van der Waals surface area contributed by atoms with E-state index in [1.54, 1.807) is 0 Å². The highest BCUT2D eigenvalue weighted by Gasteiger charge is 2.12. The van der Waals surface area contributed by atoms with E-state index in [0.717, 1.165) is 36.0 Å². The van der Waals surface area contributed by atoms with Gasteiger partial charge in [0.1, 0.15) is 24.7 Å². The fourth-order valence-corrected chi connectivity index (χ4v) is 3.00. The highest BCUT2D eigenvalue weighted by Crippen LogP contribution is 2.30. The topological polar surface area (TPSA) is 38.7 Å². The van der Waals surface area contributed by atoms with Gasteiger partial charge >= 0.3 is 0 Å². The van der Waals surface area contributed by atoms with Crippen LogP contribution in [0, 0.1) is 0 Å². The molecule has 0 heterocycles. The molecule has 3 rings (SSSR count). The molecule has 3 heteroatoms. The molecule has 3 aromatic carbocycles. The molecule has 0 aliphatic rings. The van der Waals surface area contributed by atoms with Crippen molar-refractivity contribution in [2.45, 2.75) is 45.5 Å². The van der Waals surface area contributed by atoms with Gasteiger partial charge in [0.2, 0.25) is 0 Å². The van der Waals surface area contributed by atoms with E-state index in [4.69, 9.17) is 9.47 Å². The molecule has 0 fully saturated rings. The molecule has 28 heavy (non-hydrogen) atoms. The van der Waals surface area contributed by atoms with Gasteiger partial charge in [-0.2, -0.15) is 0 Å². The normalized spacial score (nSPS) is 11.8. The Morgan fingerprint density at radius 2 is 1.25 bits per heavy atom. The maximum atomic E-state index is 10.6. The zero-order valence-electron chi connectivity index (χ0n) is 16.4. The Morgan fingerprint density at radius 1 is 0.750 bits per heavy atom. The molecular formula is C25H28O3.